The van der Waals surface area contributed by atoms with Gasteiger partial charge < -0.3 is 10.4 Å². The van der Waals surface area contributed by atoms with Crippen molar-refractivity contribution < 1.29 is 5.11 Å². The van der Waals surface area contributed by atoms with Crippen molar-refractivity contribution in [2.24, 2.45) is 11.8 Å². The molecule has 1 aromatic rings. The number of aromatic hydroxyl groups is 1. The second-order valence-electron chi connectivity index (χ2n) is 5.44. The van der Waals surface area contributed by atoms with Crippen LogP contribution in [0.1, 0.15) is 38.2 Å². The Morgan fingerprint density at radius 2 is 2.11 bits per heavy atom. The van der Waals surface area contributed by atoms with Crippen molar-refractivity contribution in [1.82, 2.24) is 5.32 Å². The van der Waals surface area contributed by atoms with Gasteiger partial charge in [-0.25, -0.2) is 0 Å². The van der Waals surface area contributed by atoms with E-state index in [4.69, 9.17) is 11.6 Å². The van der Waals surface area contributed by atoms with E-state index < -0.39 is 0 Å². The first kappa shape index (κ1) is 13.7. The number of halogens is 1. The van der Waals surface area contributed by atoms with Crippen LogP contribution in [0.25, 0.3) is 0 Å². The van der Waals surface area contributed by atoms with Crippen molar-refractivity contribution in [3.05, 3.63) is 28.8 Å². The van der Waals surface area contributed by atoms with E-state index >= 15 is 0 Å². The summed E-state index contributed by atoms with van der Waals surface area (Å²) in [4.78, 5) is 0. The third-order valence-electron chi connectivity index (χ3n) is 4.04. The molecular formula is C15H22ClNO. The summed E-state index contributed by atoms with van der Waals surface area (Å²) in [6.07, 6.45) is 5.49. The second-order valence-corrected chi connectivity index (χ2v) is 5.85. The number of nitrogens with one attached hydrogen (secondary N) is 1. The highest BCUT2D eigenvalue weighted by Gasteiger charge is 2.20. The Hall–Kier alpha value is -0.730. The summed E-state index contributed by atoms with van der Waals surface area (Å²) in [6, 6.07) is 5.40. The minimum atomic E-state index is 0.154. The van der Waals surface area contributed by atoms with Crippen LogP contribution in [0.15, 0.2) is 18.2 Å². The molecule has 2 N–H and O–H groups in total. The molecule has 1 aliphatic carbocycles. The van der Waals surface area contributed by atoms with Crippen molar-refractivity contribution >= 4 is 11.6 Å². The van der Waals surface area contributed by atoms with Crippen LogP contribution < -0.4 is 5.32 Å². The number of hydrogen-bond acceptors (Lipinski definition) is 2. The lowest BCUT2D eigenvalue weighted by Crippen LogP contribution is -2.29. The smallest absolute Gasteiger partial charge is 0.134 e. The number of benzene rings is 1. The molecule has 1 aromatic carbocycles. The predicted molar refractivity (Wildman–Crippen MR) is 75.9 cm³/mol. The van der Waals surface area contributed by atoms with Crippen molar-refractivity contribution in [2.75, 3.05) is 6.54 Å². The van der Waals surface area contributed by atoms with Gasteiger partial charge >= 0.3 is 0 Å². The summed E-state index contributed by atoms with van der Waals surface area (Å²) < 4.78 is 0. The fourth-order valence-corrected chi connectivity index (χ4v) is 2.96. The fraction of sp³-hybridized carbons (Fsp3) is 0.600. The van der Waals surface area contributed by atoms with Crippen LogP contribution in [0.4, 0.5) is 0 Å². The van der Waals surface area contributed by atoms with E-state index in [-0.39, 0.29) is 5.75 Å². The van der Waals surface area contributed by atoms with Gasteiger partial charge in [-0.1, -0.05) is 43.9 Å². The van der Waals surface area contributed by atoms with E-state index in [2.05, 4.69) is 12.2 Å². The van der Waals surface area contributed by atoms with E-state index in [0.29, 0.717) is 5.02 Å². The van der Waals surface area contributed by atoms with Crippen molar-refractivity contribution in [1.29, 1.82) is 0 Å². The highest BCUT2D eigenvalue weighted by atomic mass is 35.5. The van der Waals surface area contributed by atoms with Crippen LogP contribution in [0, 0.1) is 11.8 Å². The molecule has 2 rings (SSSR count). The van der Waals surface area contributed by atoms with Gasteiger partial charge in [0.25, 0.3) is 0 Å². The SMILES string of the molecule is CC1CCCCC1CNCc1ccc(O)c(Cl)c1. The first-order valence-corrected chi connectivity index (χ1v) is 7.22. The molecule has 0 radical (unpaired) electrons. The summed E-state index contributed by atoms with van der Waals surface area (Å²) in [5, 5.41) is 13.3. The molecule has 1 saturated carbocycles. The van der Waals surface area contributed by atoms with Gasteiger partial charge in [0.05, 0.1) is 5.02 Å². The second kappa shape index (κ2) is 6.44. The first-order chi connectivity index (χ1) is 8.66. The zero-order valence-corrected chi connectivity index (χ0v) is 11.7. The molecule has 0 aliphatic heterocycles. The molecule has 0 aromatic heterocycles. The third-order valence-corrected chi connectivity index (χ3v) is 4.34. The molecule has 2 atom stereocenters. The summed E-state index contributed by atoms with van der Waals surface area (Å²) in [5.74, 6) is 1.81. The molecule has 0 amide bonds. The van der Waals surface area contributed by atoms with E-state index in [1.54, 1.807) is 6.07 Å². The molecule has 100 valence electrons. The Labute approximate surface area is 114 Å². The van der Waals surface area contributed by atoms with Crippen LogP contribution >= 0.6 is 11.6 Å². The molecule has 0 heterocycles. The molecule has 2 nitrogen and oxygen atoms in total. The predicted octanol–water partition coefficient (Wildman–Crippen LogP) is 3.96. The van der Waals surface area contributed by atoms with E-state index in [9.17, 15) is 5.11 Å². The maximum absolute atomic E-state index is 9.36. The van der Waals surface area contributed by atoms with Crippen LogP contribution in [-0.2, 0) is 6.54 Å². The third kappa shape index (κ3) is 3.63. The lowest BCUT2D eigenvalue weighted by molar-refractivity contribution is 0.247. The van der Waals surface area contributed by atoms with Gasteiger partial charge in [0, 0.05) is 6.54 Å². The van der Waals surface area contributed by atoms with Gasteiger partial charge in [-0.05, 0) is 42.5 Å². The van der Waals surface area contributed by atoms with Crippen LogP contribution in [0.2, 0.25) is 5.02 Å². The van der Waals surface area contributed by atoms with Gasteiger partial charge in [-0.3, -0.25) is 0 Å². The maximum atomic E-state index is 9.36. The van der Waals surface area contributed by atoms with Gasteiger partial charge in [0.1, 0.15) is 5.75 Å². The van der Waals surface area contributed by atoms with E-state index in [0.717, 1.165) is 30.5 Å². The zero-order valence-electron chi connectivity index (χ0n) is 11.0. The highest BCUT2D eigenvalue weighted by Crippen LogP contribution is 2.29. The molecule has 1 fully saturated rings. The lowest BCUT2D eigenvalue weighted by atomic mass is 9.80. The number of phenolic OH excluding ortho intramolecular Hbond substituents is 1. The minimum Gasteiger partial charge on any atom is -0.506 e. The molecule has 0 saturated heterocycles. The zero-order chi connectivity index (χ0) is 13.0. The van der Waals surface area contributed by atoms with Gasteiger partial charge in [0.15, 0.2) is 0 Å². The first-order valence-electron chi connectivity index (χ1n) is 6.85. The van der Waals surface area contributed by atoms with Crippen LogP contribution in [0.3, 0.4) is 0 Å². The van der Waals surface area contributed by atoms with Crippen molar-refractivity contribution in [3.63, 3.8) is 0 Å². The fourth-order valence-electron chi connectivity index (χ4n) is 2.76. The topological polar surface area (TPSA) is 32.3 Å². The largest absolute Gasteiger partial charge is 0.506 e. The Kier molecular flexibility index (Phi) is 4.90. The average Bonchev–Trinajstić information content (AvgIpc) is 2.36. The van der Waals surface area contributed by atoms with Crippen LogP contribution in [-0.4, -0.2) is 11.7 Å². The van der Waals surface area contributed by atoms with Gasteiger partial charge in [-0.2, -0.15) is 0 Å². The Bertz CT molecular complexity index is 394. The molecular weight excluding hydrogens is 246 g/mol. The van der Waals surface area contributed by atoms with Gasteiger partial charge in [0.2, 0.25) is 0 Å². The van der Waals surface area contributed by atoms with Crippen molar-refractivity contribution in [2.45, 2.75) is 39.2 Å². The van der Waals surface area contributed by atoms with Crippen molar-refractivity contribution in [3.8, 4) is 5.75 Å². The van der Waals surface area contributed by atoms with E-state index in [1.165, 1.54) is 25.7 Å². The quantitative estimate of drug-likeness (QED) is 0.865. The standard InChI is InChI=1S/C15H22ClNO/c1-11-4-2-3-5-13(11)10-17-9-12-6-7-15(18)14(16)8-12/h6-8,11,13,17-18H,2-5,9-10H2,1H3. The Balaban J connectivity index is 1.79. The molecule has 3 heteroatoms. The van der Waals surface area contributed by atoms with E-state index in [1.807, 2.05) is 12.1 Å². The maximum Gasteiger partial charge on any atom is 0.134 e. The lowest BCUT2D eigenvalue weighted by Gasteiger charge is -2.28. The minimum absolute atomic E-state index is 0.154. The molecule has 2 unspecified atom stereocenters. The highest BCUT2D eigenvalue weighted by molar-refractivity contribution is 6.32. The number of phenols is 1. The molecule has 1 aliphatic rings. The molecule has 0 bridgehead atoms. The average molecular weight is 268 g/mol. The molecule has 0 spiro atoms. The number of rotatable bonds is 4. The number of hydrogen-bond donors (Lipinski definition) is 2. The Morgan fingerprint density at radius 3 is 2.83 bits per heavy atom. The summed E-state index contributed by atoms with van der Waals surface area (Å²) in [7, 11) is 0. The van der Waals surface area contributed by atoms with Gasteiger partial charge in [-0.15, -0.1) is 0 Å². The summed E-state index contributed by atoms with van der Waals surface area (Å²) in [5.41, 5.74) is 1.13. The monoisotopic (exact) mass is 267 g/mol. The normalized spacial score (nSPS) is 24.1. The van der Waals surface area contributed by atoms with Crippen LogP contribution in [0.5, 0.6) is 5.75 Å². The summed E-state index contributed by atoms with van der Waals surface area (Å²) >= 11 is 5.89. The Morgan fingerprint density at radius 1 is 1.33 bits per heavy atom. The molecule has 18 heavy (non-hydrogen) atoms. The summed E-state index contributed by atoms with van der Waals surface area (Å²) in [6.45, 7) is 4.27.